The Bertz CT molecular complexity index is 3370. The molecule has 0 spiro atoms. The minimum Gasteiger partial charge on any atom is -0.310 e. The lowest BCUT2D eigenvalue weighted by Gasteiger charge is -2.31. The van der Waals surface area contributed by atoms with Crippen LogP contribution in [0.1, 0.15) is 112 Å². The minimum absolute atomic E-state index is 0.293. The summed E-state index contributed by atoms with van der Waals surface area (Å²) in [6.45, 7) is 22.9. The molecule has 0 N–H and O–H groups in total. The summed E-state index contributed by atoms with van der Waals surface area (Å²) in [5.41, 5.74) is 26.6. The molecule has 0 fully saturated rings. The predicted molar refractivity (Wildman–Crippen MR) is 321 cm³/mol. The fourth-order valence-corrected chi connectivity index (χ4v) is 11.0. The van der Waals surface area contributed by atoms with Crippen LogP contribution < -0.4 is 4.90 Å². The van der Waals surface area contributed by atoms with Crippen molar-refractivity contribution >= 4 is 17.1 Å². The Balaban J connectivity index is 1.34. The van der Waals surface area contributed by atoms with Gasteiger partial charge in [0.15, 0.2) is 0 Å². The molecule has 0 saturated heterocycles. The van der Waals surface area contributed by atoms with Crippen LogP contribution >= 0.6 is 0 Å². The van der Waals surface area contributed by atoms with Crippen molar-refractivity contribution in [2.45, 2.75) is 92.9 Å². The summed E-state index contributed by atoms with van der Waals surface area (Å²) >= 11 is 0. The standard InChI is InChI=1S/C72H69N3/c1-46(2)61-31-22-32-62(47(3)4)71(61)57-36-55(68-42-66(50(9)44-73-68)53-26-16-12-17-27-53)38-59(40-57)75(70-35-21-20-30-65(70)52-24-14-11-15-25-52)60-39-56(69-43-67(51(10)45-74-69)54-28-18-13-19-29-54)37-58(41-60)72-63(48(5)6)33-23-34-64(72)49(7)8/h11-49H,1-10H3. The van der Waals surface area contributed by atoms with Crippen molar-refractivity contribution in [1.82, 2.24) is 9.97 Å². The largest absolute Gasteiger partial charge is 0.310 e. The van der Waals surface area contributed by atoms with Crippen LogP contribution in [-0.4, -0.2) is 9.97 Å². The van der Waals surface area contributed by atoms with Gasteiger partial charge in [0.05, 0.1) is 17.1 Å². The number of benzene rings is 8. The zero-order valence-corrected chi connectivity index (χ0v) is 45.4. The van der Waals surface area contributed by atoms with E-state index in [2.05, 4.69) is 274 Å². The lowest BCUT2D eigenvalue weighted by atomic mass is 9.83. The molecule has 8 aromatic carbocycles. The molecule has 0 unspecified atom stereocenters. The molecule has 0 aliphatic rings. The summed E-state index contributed by atoms with van der Waals surface area (Å²) < 4.78 is 0. The van der Waals surface area contributed by atoms with Crippen molar-refractivity contribution in [3.05, 3.63) is 246 Å². The molecule has 3 nitrogen and oxygen atoms in total. The number of aromatic nitrogens is 2. The van der Waals surface area contributed by atoms with Gasteiger partial charge in [-0.3, -0.25) is 9.97 Å². The number of para-hydroxylation sites is 1. The summed E-state index contributed by atoms with van der Waals surface area (Å²) in [5, 5.41) is 0. The highest BCUT2D eigenvalue weighted by Gasteiger charge is 2.25. The molecule has 2 aromatic heterocycles. The highest BCUT2D eigenvalue weighted by atomic mass is 15.1. The van der Waals surface area contributed by atoms with Crippen LogP contribution in [0.3, 0.4) is 0 Å². The van der Waals surface area contributed by atoms with E-state index in [-0.39, 0.29) is 0 Å². The number of rotatable bonds is 14. The van der Waals surface area contributed by atoms with Crippen LogP contribution in [-0.2, 0) is 0 Å². The molecule has 0 aliphatic carbocycles. The third kappa shape index (κ3) is 10.4. The van der Waals surface area contributed by atoms with E-state index in [1.165, 1.54) is 55.6 Å². The molecule has 10 aromatic rings. The Kier molecular flexibility index (Phi) is 14.6. The van der Waals surface area contributed by atoms with Gasteiger partial charge in [0.2, 0.25) is 0 Å². The van der Waals surface area contributed by atoms with Gasteiger partial charge in [-0.25, -0.2) is 0 Å². The second-order valence-corrected chi connectivity index (χ2v) is 21.5. The van der Waals surface area contributed by atoms with Gasteiger partial charge in [-0.15, -0.1) is 0 Å². The van der Waals surface area contributed by atoms with E-state index < -0.39 is 0 Å². The molecule has 3 heteroatoms. The number of nitrogens with zero attached hydrogens (tertiary/aromatic N) is 3. The number of hydrogen-bond acceptors (Lipinski definition) is 3. The molecule has 0 radical (unpaired) electrons. The fourth-order valence-electron chi connectivity index (χ4n) is 11.0. The van der Waals surface area contributed by atoms with Crippen LogP contribution in [0.4, 0.5) is 17.1 Å². The average Bonchev–Trinajstić information content (AvgIpc) is 3.43. The Hall–Kier alpha value is -8.14. The van der Waals surface area contributed by atoms with E-state index >= 15 is 0 Å². The van der Waals surface area contributed by atoms with E-state index in [0.29, 0.717) is 23.7 Å². The summed E-state index contributed by atoms with van der Waals surface area (Å²) in [6, 6.07) is 73.9. The average molecular weight is 976 g/mol. The summed E-state index contributed by atoms with van der Waals surface area (Å²) in [6.07, 6.45) is 4.08. The second kappa shape index (κ2) is 21.8. The molecular weight excluding hydrogens is 907 g/mol. The van der Waals surface area contributed by atoms with Crippen LogP contribution in [0.5, 0.6) is 0 Å². The van der Waals surface area contributed by atoms with E-state index in [0.717, 1.165) is 73.0 Å². The SMILES string of the molecule is Cc1cnc(-c2cc(-c3c(C(C)C)cccc3C(C)C)cc(N(c3cc(-c4cc(-c5ccccc5)c(C)cn4)cc(-c4c(C(C)C)cccc4C(C)C)c3)c3ccccc3-c3ccccc3)c2)cc1-c1ccccc1. The smallest absolute Gasteiger partial charge is 0.0709 e. The van der Waals surface area contributed by atoms with Crippen LogP contribution in [0.25, 0.3) is 78.1 Å². The van der Waals surface area contributed by atoms with Gasteiger partial charge < -0.3 is 4.90 Å². The maximum atomic E-state index is 5.27. The maximum Gasteiger partial charge on any atom is 0.0709 e. The van der Waals surface area contributed by atoms with Crippen molar-refractivity contribution < 1.29 is 0 Å². The first kappa shape index (κ1) is 50.4. The molecule has 0 saturated carbocycles. The lowest BCUT2D eigenvalue weighted by molar-refractivity contribution is 0.838. The Morgan fingerprint density at radius 2 is 0.640 bits per heavy atom. The number of anilines is 3. The van der Waals surface area contributed by atoms with Gasteiger partial charge in [0, 0.05) is 40.5 Å². The molecule has 0 amide bonds. The Labute approximate surface area is 446 Å². The molecule has 75 heavy (non-hydrogen) atoms. The normalized spacial score (nSPS) is 11.5. The van der Waals surface area contributed by atoms with E-state index in [1.807, 2.05) is 12.4 Å². The number of pyridine rings is 2. The molecule has 0 aliphatic heterocycles. The highest BCUT2D eigenvalue weighted by molar-refractivity contribution is 5.94. The quantitative estimate of drug-likeness (QED) is 0.109. The summed E-state index contributed by atoms with van der Waals surface area (Å²) in [7, 11) is 0. The van der Waals surface area contributed by atoms with Crippen LogP contribution in [0, 0.1) is 13.8 Å². The first-order chi connectivity index (χ1) is 36.3. The molecule has 10 rings (SSSR count). The fraction of sp³-hybridized carbons (Fsp3) is 0.194. The highest BCUT2D eigenvalue weighted by Crippen LogP contribution is 2.49. The topological polar surface area (TPSA) is 29.0 Å². The third-order valence-electron chi connectivity index (χ3n) is 14.9. The van der Waals surface area contributed by atoms with Gasteiger partial charge in [-0.05, 0) is 176 Å². The van der Waals surface area contributed by atoms with Crippen LogP contribution in [0.15, 0.2) is 213 Å². The molecule has 2 heterocycles. The number of aryl methyl sites for hydroxylation is 2. The zero-order chi connectivity index (χ0) is 52.3. The second-order valence-electron chi connectivity index (χ2n) is 21.5. The lowest BCUT2D eigenvalue weighted by Crippen LogP contribution is -2.13. The number of hydrogen-bond donors (Lipinski definition) is 0. The zero-order valence-electron chi connectivity index (χ0n) is 45.4. The van der Waals surface area contributed by atoms with Crippen molar-refractivity contribution in [3.63, 3.8) is 0 Å². The van der Waals surface area contributed by atoms with Gasteiger partial charge in [0.1, 0.15) is 0 Å². The van der Waals surface area contributed by atoms with E-state index in [9.17, 15) is 0 Å². The van der Waals surface area contributed by atoms with Crippen LogP contribution in [0.2, 0.25) is 0 Å². The monoisotopic (exact) mass is 976 g/mol. The summed E-state index contributed by atoms with van der Waals surface area (Å²) in [5.74, 6) is 1.17. The minimum atomic E-state index is 0.293. The van der Waals surface area contributed by atoms with Gasteiger partial charge in [0.25, 0.3) is 0 Å². The van der Waals surface area contributed by atoms with Crippen molar-refractivity contribution in [1.29, 1.82) is 0 Å². The van der Waals surface area contributed by atoms with E-state index in [1.54, 1.807) is 0 Å². The van der Waals surface area contributed by atoms with Crippen molar-refractivity contribution in [2.75, 3.05) is 4.90 Å². The summed E-state index contributed by atoms with van der Waals surface area (Å²) in [4.78, 5) is 13.1. The molecular formula is C72H69N3. The first-order valence-corrected chi connectivity index (χ1v) is 26.9. The van der Waals surface area contributed by atoms with E-state index in [4.69, 9.17) is 9.97 Å². The third-order valence-corrected chi connectivity index (χ3v) is 14.9. The first-order valence-electron chi connectivity index (χ1n) is 26.9. The molecule has 0 bridgehead atoms. The Morgan fingerprint density at radius 3 is 1.01 bits per heavy atom. The van der Waals surface area contributed by atoms with Crippen molar-refractivity contribution in [2.24, 2.45) is 0 Å². The molecule has 372 valence electrons. The Morgan fingerprint density at radius 1 is 0.307 bits per heavy atom. The molecule has 0 atom stereocenters. The van der Waals surface area contributed by atoms with Gasteiger partial charge in [-0.1, -0.05) is 201 Å². The maximum absolute atomic E-state index is 5.27. The van der Waals surface area contributed by atoms with Gasteiger partial charge >= 0.3 is 0 Å². The predicted octanol–water partition coefficient (Wildman–Crippen LogP) is 20.7. The van der Waals surface area contributed by atoms with Gasteiger partial charge in [-0.2, -0.15) is 0 Å². The van der Waals surface area contributed by atoms with Crippen molar-refractivity contribution in [3.8, 4) is 78.1 Å².